The van der Waals surface area contributed by atoms with Gasteiger partial charge in [0.25, 0.3) is 0 Å². The number of hydrogen-bond donors (Lipinski definition) is 2. The molecular weight excluding hydrogens is 224 g/mol. The molecule has 1 aromatic heterocycles. The molecule has 0 saturated heterocycles. The number of carboxylic acids is 1. The van der Waals surface area contributed by atoms with Crippen molar-refractivity contribution in [3.8, 4) is 0 Å². The molecular formula is C11H14N2O2S. The van der Waals surface area contributed by atoms with E-state index in [9.17, 15) is 4.79 Å². The number of aromatic amines is 1. The van der Waals surface area contributed by atoms with E-state index in [1.165, 1.54) is 11.8 Å². The van der Waals surface area contributed by atoms with E-state index >= 15 is 0 Å². The molecule has 2 aromatic rings. The number of thioether (sulfide) groups is 1. The molecule has 1 heterocycles. The van der Waals surface area contributed by atoms with Crippen molar-refractivity contribution in [2.75, 3.05) is 6.26 Å². The van der Waals surface area contributed by atoms with Gasteiger partial charge in [-0.3, -0.25) is 0 Å². The van der Waals surface area contributed by atoms with Crippen LogP contribution < -0.4 is 0 Å². The number of hydrogen-bond acceptors (Lipinski definition) is 3. The first-order chi connectivity index (χ1) is 7.72. The van der Waals surface area contributed by atoms with Gasteiger partial charge >= 0.3 is 5.97 Å². The Kier molecular flexibility index (Phi) is 4.37. The number of carboxylic acid groups (broad SMARTS) is 1. The maximum Gasteiger partial charge on any atom is 0.337 e. The second kappa shape index (κ2) is 5.55. The molecule has 0 bridgehead atoms. The Morgan fingerprint density at radius 2 is 2.12 bits per heavy atom. The molecule has 0 unspecified atom stereocenters. The zero-order valence-corrected chi connectivity index (χ0v) is 10.3. The Morgan fingerprint density at radius 3 is 2.69 bits per heavy atom. The van der Waals surface area contributed by atoms with Crippen LogP contribution in [0.5, 0.6) is 0 Å². The van der Waals surface area contributed by atoms with Gasteiger partial charge in [0, 0.05) is 0 Å². The van der Waals surface area contributed by atoms with E-state index in [2.05, 4.69) is 9.97 Å². The Hall–Kier alpha value is -1.49. The third-order valence-corrected chi connectivity index (χ3v) is 2.49. The van der Waals surface area contributed by atoms with Crippen molar-refractivity contribution in [3.63, 3.8) is 0 Å². The van der Waals surface area contributed by atoms with Gasteiger partial charge in [-0.2, -0.15) is 0 Å². The van der Waals surface area contributed by atoms with Gasteiger partial charge in [-0.25, -0.2) is 9.78 Å². The Labute approximate surface area is 98.1 Å². The molecule has 0 spiro atoms. The summed E-state index contributed by atoms with van der Waals surface area (Å²) in [6.07, 6.45) is 1.89. The quantitative estimate of drug-likeness (QED) is 0.789. The third-order valence-electron chi connectivity index (χ3n) is 1.91. The Morgan fingerprint density at radius 1 is 1.44 bits per heavy atom. The van der Waals surface area contributed by atoms with E-state index in [0.717, 1.165) is 10.7 Å². The number of H-pyrrole nitrogens is 1. The van der Waals surface area contributed by atoms with Crippen molar-refractivity contribution in [1.82, 2.24) is 9.97 Å². The molecule has 0 amide bonds. The lowest BCUT2D eigenvalue weighted by Gasteiger charge is -1.93. The summed E-state index contributed by atoms with van der Waals surface area (Å²) in [5.41, 5.74) is 1.51. The maximum absolute atomic E-state index is 10.9. The first-order valence-electron chi connectivity index (χ1n) is 4.98. The number of nitrogens with one attached hydrogen (secondary N) is 1. The minimum absolute atomic E-state index is 0.235. The van der Waals surface area contributed by atoms with Crippen molar-refractivity contribution in [1.29, 1.82) is 0 Å². The van der Waals surface area contributed by atoms with Crippen molar-refractivity contribution >= 4 is 28.8 Å². The van der Waals surface area contributed by atoms with Crippen LogP contribution in [0.2, 0.25) is 0 Å². The van der Waals surface area contributed by atoms with Crippen molar-refractivity contribution < 1.29 is 9.90 Å². The van der Waals surface area contributed by atoms with E-state index in [0.29, 0.717) is 5.52 Å². The molecule has 0 aliphatic carbocycles. The average molecular weight is 238 g/mol. The standard InChI is InChI=1S/C9H8N2O2S.C2H6/c1-14-9-10-6-4-2-3-5(8(12)13)7(6)11-9;1-2/h2-4H,1H3,(H,10,11)(H,12,13);1-2H3. The number of nitrogens with zero attached hydrogens (tertiary/aromatic N) is 1. The van der Waals surface area contributed by atoms with E-state index in [1.807, 2.05) is 26.2 Å². The lowest BCUT2D eigenvalue weighted by Crippen LogP contribution is -1.96. The minimum Gasteiger partial charge on any atom is -0.478 e. The number of carbonyl (C=O) groups is 1. The van der Waals surface area contributed by atoms with Crippen LogP contribution in [0.15, 0.2) is 23.4 Å². The van der Waals surface area contributed by atoms with Gasteiger partial charge in [-0.15, -0.1) is 0 Å². The van der Waals surface area contributed by atoms with Crippen molar-refractivity contribution in [2.45, 2.75) is 19.0 Å². The molecule has 2 rings (SSSR count). The number of fused-ring (bicyclic) bond motifs is 1. The zero-order chi connectivity index (χ0) is 12.1. The van der Waals surface area contributed by atoms with Crippen molar-refractivity contribution in [3.05, 3.63) is 23.8 Å². The van der Waals surface area contributed by atoms with Crippen LogP contribution in [-0.2, 0) is 0 Å². The maximum atomic E-state index is 10.9. The summed E-state index contributed by atoms with van der Waals surface area (Å²) in [5.74, 6) is -0.949. The van der Waals surface area contributed by atoms with Crippen LogP contribution >= 0.6 is 11.8 Å². The van der Waals surface area contributed by atoms with Crippen LogP contribution in [-0.4, -0.2) is 27.3 Å². The summed E-state index contributed by atoms with van der Waals surface area (Å²) in [4.78, 5) is 18.1. The predicted molar refractivity (Wildman–Crippen MR) is 66.2 cm³/mol. The predicted octanol–water partition coefficient (Wildman–Crippen LogP) is 3.01. The number of imidazole rings is 1. The topological polar surface area (TPSA) is 66.0 Å². The number of para-hydroxylation sites is 1. The zero-order valence-electron chi connectivity index (χ0n) is 9.44. The molecule has 2 N–H and O–H groups in total. The van der Waals surface area contributed by atoms with E-state index < -0.39 is 5.97 Å². The molecule has 0 aliphatic rings. The largest absolute Gasteiger partial charge is 0.478 e. The van der Waals surface area contributed by atoms with Crippen molar-refractivity contribution in [2.24, 2.45) is 0 Å². The molecule has 0 atom stereocenters. The Balaban J connectivity index is 0.000000606. The van der Waals surface area contributed by atoms with E-state index in [4.69, 9.17) is 5.11 Å². The summed E-state index contributed by atoms with van der Waals surface area (Å²) in [5, 5.41) is 9.63. The highest BCUT2D eigenvalue weighted by Gasteiger charge is 2.11. The van der Waals surface area contributed by atoms with Crippen LogP contribution in [0.25, 0.3) is 11.0 Å². The van der Waals surface area contributed by atoms with Gasteiger partial charge in [0.15, 0.2) is 5.16 Å². The third kappa shape index (κ3) is 2.36. The summed E-state index contributed by atoms with van der Waals surface area (Å²) >= 11 is 1.46. The van der Waals surface area contributed by atoms with E-state index in [1.54, 1.807) is 12.1 Å². The lowest BCUT2D eigenvalue weighted by atomic mass is 10.2. The van der Waals surface area contributed by atoms with Gasteiger partial charge in [-0.05, 0) is 18.4 Å². The summed E-state index contributed by atoms with van der Waals surface area (Å²) in [7, 11) is 0. The summed E-state index contributed by atoms with van der Waals surface area (Å²) in [6.45, 7) is 4.00. The number of benzene rings is 1. The van der Waals surface area contributed by atoms with Crippen LogP contribution in [0.4, 0.5) is 0 Å². The second-order valence-electron chi connectivity index (χ2n) is 2.75. The monoisotopic (exact) mass is 238 g/mol. The molecule has 16 heavy (non-hydrogen) atoms. The SMILES string of the molecule is CC.CSc1nc2c(C(=O)O)cccc2[nH]1. The van der Waals surface area contributed by atoms with Gasteiger partial charge in [0.05, 0.1) is 11.1 Å². The van der Waals surface area contributed by atoms with E-state index in [-0.39, 0.29) is 5.56 Å². The molecule has 0 fully saturated rings. The first kappa shape index (κ1) is 12.6. The fraction of sp³-hybridized carbons (Fsp3) is 0.273. The fourth-order valence-corrected chi connectivity index (χ4v) is 1.67. The number of aromatic nitrogens is 2. The molecule has 1 aromatic carbocycles. The highest BCUT2D eigenvalue weighted by Crippen LogP contribution is 2.20. The van der Waals surface area contributed by atoms with Gasteiger partial charge < -0.3 is 10.1 Å². The minimum atomic E-state index is -0.949. The van der Waals surface area contributed by atoms with Gasteiger partial charge in [0.2, 0.25) is 0 Å². The fourth-order valence-electron chi connectivity index (χ4n) is 1.28. The van der Waals surface area contributed by atoms with Gasteiger partial charge in [-0.1, -0.05) is 31.7 Å². The van der Waals surface area contributed by atoms with Crippen LogP contribution in [0, 0.1) is 0 Å². The van der Waals surface area contributed by atoms with Crippen LogP contribution in [0.3, 0.4) is 0 Å². The smallest absolute Gasteiger partial charge is 0.337 e. The summed E-state index contributed by atoms with van der Waals surface area (Å²) in [6, 6.07) is 5.07. The normalized spacial score (nSPS) is 9.69. The van der Waals surface area contributed by atoms with Gasteiger partial charge in [0.1, 0.15) is 5.52 Å². The second-order valence-corrected chi connectivity index (χ2v) is 3.55. The lowest BCUT2D eigenvalue weighted by molar-refractivity contribution is 0.0699. The number of rotatable bonds is 2. The van der Waals surface area contributed by atoms with Crippen LogP contribution in [0.1, 0.15) is 24.2 Å². The highest BCUT2D eigenvalue weighted by atomic mass is 32.2. The molecule has 86 valence electrons. The summed E-state index contributed by atoms with van der Waals surface area (Å²) < 4.78 is 0. The molecule has 0 aliphatic heterocycles. The number of aromatic carboxylic acids is 1. The highest BCUT2D eigenvalue weighted by molar-refractivity contribution is 7.98. The average Bonchev–Trinajstić information content (AvgIpc) is 2.73. The molecule has 4 nitrogen and oxygen atoms in total. The molecule has 5 heteroatoms. The first-order valence-corrected chi connectivity index (χ1v) is 6.21. The molecule has 0 radical (unpaired) electrons. The Bertz CT molecular complexity index is 494. The molecule has 0 saturated carbocycles.